The molecule has 0 aromatic heterocycles. The van der Waals surface area contributed by atoms with Gasteiger partial charge in [-0.25, -0.2) is 0 Å². The van der Waals surface area contributed by atoms with Gasteiger partial charge in [0.05, 0.1) is 11.2 Å². The second-order valence-electron chi connectivity index (χ2n) is 4.96. The molecule has 1 aromatic rings. The highest BCUT2D eigenvalue weighted by atomic mass is 16.5. The highest BCUT2D eigenvalue weighted by molar-refractivity contribution is 6.00. The van der Waals surface area contributed by atoms with E-state index >= 15 is 0 Å². The third kappa shape index (κ3) is 2.34. The van der Waals surface area contributed by atoms with E-state index in [9.17, 15) is 4.79 Å². The molecule has 1 saturated carbocycles. The van der Waals surface area contributed by atoms with Crippen molar-refractivity contribution in [1.82, 2.24) is 5.32 Å². The molecule has 1 amide bonds. The molecule has 1 aliphatic carbocycles. The number of hydrogen-bond donors (Lipinski definition) is 2. The van der Waals surface area contributed by atoms with Gasteiger partial charge >= 0.3 is 0 Å². The first kappa shape index (κ1) is 12.9. The quantitative estimate of drug-likeness (QED) is 0.800. The molecule has 3 N–H and O–H groups in total. The number of rotatable bonds is 4. The largest absolute Gasteiger partial charge is 0.398 e. The van der Waals surface area contributed by atoms with Gasteiger partial charge in [-0.05, 0) is 37.8 Å². The molecule has 0 aliphatic heterocycles. The summed E-state index contributed by atoms with van der Waals surface area (Å²) < 4.78 is 5.47. The Balaban J connectivity index is 2.04. The molecule has 4 heteroatoms. The molecule has 1 fully saturated rings. The summed E-state index contributed by atoms with van der Waals surface area (Å²) in [6.45, 7) is 2.44. The van der Waals surface area contributed by atoms with E-state index in [0.29, 0.717) is 17.8 Å². The van der Waals surface area contributed by atoms with E-state index in [-0.39, 0.29) is 11.5 Å². The number of hydrogen-bond acceptors (Lipinski definition) is 3. The third-order valence-corrected chi connectivity index (χ3v) is 3.80. The van der Waals surface area contributed by atoms with Crippen molar-refractivity contribution >= 4 is 11.6 Å². The number of anilines is 1. The summed E-state index contributed by atoms with van der Waals surface area (Å²) in [4.78, 5) is 12.1. The van der Waals surface area contributed by atoms with Crippen LogP contribution in [0.15, 0.2) is 18.2 Å². The minimum Gasteiger partial charge on any atom is -0.398 e. The van der Waals surface area contributed by atoms with Crippen LogP contribution in [0, 0.1) is 6.92 Å². The van der Waals surface area contributed by atoms with Crippen LogP contribution in [0.4, 0.5) is 5.69 Å². The molecule has 0 saturated heterocycles. The Bertz CT molecular complexity index is 427. The first-order valence-corrected chi connectivity index (χ1v) is 6.26. The molecule has 18 heavy (non-hydrogen) atoms. The zero-order chi connectivity index (χ0) is 13.2. The molecule has 0 spiro atoms. The van der Waals surface area contributed by atoms with Crippen molar-refractivity contribution < 1.29 is 9.53 Å². The maximum absolute atomic E-state index is 12.1. The molecule has 1 aromatic carbocycles. The van der Waals surface area contributed by atoms with Gasteiger partial charge in [0.25, 0.3) is 5.91 Å². The van der Waals surface area contributed by atoms with Gasteiger partial charge in [0.1, 0.15) is 0 Å². The van der Waals surface area contributed by atoms with Gasteiger partial charge in [0.15, 0.2) is 0 Å². The smallest absolute Gasteiger partial charge is 0.253 e. The highest BCUT2D eigenvalue weighted by Crippen LogP contribution is 2.34. The first-order valence-electron chi connectivity index (χ1n) is 6.26. The van der Waals surface area contributed by atoms with E-state index in [2.05, 4.69) is 5.32 Å². The molecule has 98 valence electrons. The second kappa shape index (κ2) is 4.98. The van der Waals surface area contributed by atoms with Gasteiger partial charge in [0.2, 0.25) is 0 Å². The summed E-state index contributed by atoms with van der Waals surface area (Å²) in [5.41, 5.74) is 7.68. The Morgan fingerprint density at radius 3 is 2.72 bits per heavy atom. The summed E-state index contributed by atoms with van der Waals surface area (Å²) in [6, 6.07) is 5.49. The van der Waals surface area contributed by atoms with Crippen molar-refractivity contribution in [3.05, 3.63) is 29.3 Å². The van der Waals surface area contributed by atoms with E-state index in [1.807, 2.05) is 19.1 Å². The molecule has 0 radical (unpaired) electrons. The lowest BCUT2D eigenvalue weighted by molar-refractivity contribution is -0.0679. The molecule has 1 aliphatic rings. The molecule has 0 bridgehead atoms. The molecular weight excluding hydrogens is 228 g/mol. The molecular formula is C14H20N2O2. The predicted molar refractivity (Wildman–Crippen MR) is 71.5 cm³/mol. The van der Waals surface area contributed by atoms with E-state index in [4.69, 9.17) is 10.5 Å². The zero-order valence-corrected chi connectivity index (χ0v) is 11.0. The number of nitrogen functional groups attached to an aromatic ring is 1. The normalized spacial score (nSPS) is 17.0. The average molecular weight is 248 g/mol. The van der Waals surface area contributed by atoms with Crippen molar-refractivity contribution in [1.29, 1.82) is 0 Å². The topological polar surface area (TPSA) is 64.3 Å². The lowest BCUT2D eigenvalue weighted by Gasteiger charge is -2.40. The van der Waals surface area contributed by atoms with Crippen LogP contribution < -0.4 is 11.1 Å². The van der Waals surface area contributed by atoms with E-state index in [1.54, 1.807) is 13.2 Å². The third-order valence-electron chi connectivity index (χ3n) is 3.80. The molecule has 2 rings (SSSR count). The van der Waals surface area contributed by atoms with Crippen molar-refractivity contribution in [3.8, 4) is 0 Å². The monoisotopic (exact) mass is 248 g/mol. The maximum Gasteiger partial charge on any atom is 0.253 e. The van der Waals surface area contributed by atoms with Gasteiger partial charge in [-0.1, -0.05) is 12.1 Å². The van der Waals surface area contributed by atoms with Crippen LogP contribution in [0.3, 0.4) is 0 Å². The van der Waals surface area contributed by atoms with Crippen molar-refractivity contribution in [3.63, 3.8) is 0 Å². The Hall–Kier alpha value is -1.55. The SMILES string of the molecule is COC1(CNC(=O)c2c(C)cccc2N)CCC1. The molecule has 4 nitrogen and oxygen atoms in total. The van der Waals surface area contributed by atoms with Crippen LogP contribution in [0.2, 0.25) is 0 Å². The zero-order valence-electron chi connectivity index (χ0n) is 11.0. The highest BCUT2D eigenvalue weighted by Gasteiger charge is 2.37. The van der Waals surface area contributed by atoms with Gasteiger partial charge < -0.3 is 15.8 Å². The van der Waals surface area contributed by atoms with Gasteiger partial charge in [0, 0.05) is 19.3 Å². The number of benzene rings is 1. The van der Waals surface area contributed by atoms with Crippen LogP contribution in [-0.2, 0) is 4.74 Å². The van der Waals surface area contributed by atoms with Gasteiger partial charge in [-0.2, -0.15) is 0 Å². The van der Waals surface area contributed by atoms with E-state index in [1.165, 1.54) is 0 Å². The number of methoxy groups -OCH3 is 1. The number of carbonyl (C=O) groups is 1. The van der Waals surface area contributed by atoms with Crippen LogP contribution in [-0.4, -0.2) is 25.2 Å². The Morgan fingerprint density at radius 2 is 2.22 bits per heavy atom. The minimum atomic E-state index is -0.160. The Kier molecular flexibility index (Phi) is 3.57. The number of amides is 1. The first-order chi connectivity index (χ1) is 8.58. The summed E-state index contributed by atoms with van der Waals surface area (Å²) in [6.07, 6.45) is 3.18. The minimum absolute atomic E-state index is 0.117. The summed E-state index contributed by atoms with van der Waals surface area (Å²) >= 11 is 0. The maximum atomic E-state index is 12.1. The second-order valence-corrected chi connectivity index (χ2v) is 4.96. The summed E-state index contributed by atoms with van der Waals surface area (Å²) in [5, 5.41) is 2.93. The number of aryl methyl sites for hydroxylation is 1. The summed E-state index contributed by atoms with van der Waals surface area (Å²) in [5.74, 6) is -0.117. The van der Waals surface area contributed by atoms with Crippen LogP contribution in [0.1, 0.15) is 35.2 Å². The fourth-order valence-corrected chi connectivity index (χ4v) is 2.35. The molecule has 0 atom stereocenters. The van der Waals surface area contributed by atoms with E-state index < -0.39 is 0 Å². The Morgan fingerprint density at radius 1 is 1.50 bits per heavy atom. The van der Waals surface area contributed by atoms with Crippen LogP contribution >= 0.6 is 0 Å². The van der Waals surface area contributed by atoms with Crippen LogP contribution in [0.25, 0.3) is 0 Å². The number of nitrogens with two attached hydrogens (primary N) is 1. The van der Waals surface area contributed by atoms with Crippen LogP contribution in [0.5, 0.6) is 0 Å². The lowest BCUT2D eigenvalue weighted by Crippen LogP contribution is -2.49. The van der Waals surface area contributed by atoms with E-state index in [0.717, 1.165) is 24.8 Å². The number of ether oxygens (including phenoxy) is 1. The van der Waals surface area contributed by atoms with Gasteiger partial charge in [-0.3, -0.25) is 4.79 Å². The number of carbonyl (C=O) groups excluding carboxylic acids is 1. The molecule has 0 unspecified atom stereocenters. The van der Waals surface area contributed by atoms with Crippen molar-refractivity contribution in [2.75, 3.05) is 19.4 Å². The predicted octanol–water partition coefficient (Wildman–Crippen LogP) is 1.88. The fraction of sp³-hybridized carbons (Fsp3) is 0.500. The molecule has 0 heterocycles. The van der Waals surface area contributed by atoms with Crippen molar-refractivity contribution in [2.24, 2.45) is 0 Å². The van der Waals surface area contributed by atoms with Crippen molar-refractivity contribution in [2.45, 2.75) is 31.8 Å². The lowest BCUT2D eigenvalue weighted by atomic mass is 9.80. The fourth-order valence-electron chi connectivity index (χ4n) is 2.35. The standard InChI is InChI=1S/C14H20N2O2/c1-10-5-3-6-11(15)12(10)13(17)16-9-14(18-2)7-4-8-14/h3,5-6H,4,7-9,15H2,1-2H3,(H,16,17). The van der Waals surface area contributed by atoms with Gasteiger partial charge in [-0.15, -0.1) is 0 Å². The number of nitrogens with one attached hydrogen (secondary N) is 1. The average Bonchev–Trinajstić information content (AvgIpc) is 2.28. The summed E-state index contributed by atoms with van der Waals surface area (Å²) in [7, 11) is 1.70. The Labute approximate surface area is 108 Å².